The highest BCUT2D eigenvalue weighted by Gasteiger charge is 2.31. The van der Waals surface area contributed by atoms with Crippen LogP contribution in [0.2, 0.25) is 0 Å². The van der Waals surface area contributed by atoms with E-state index in [1.807, 2.05) is 4.57 Å². The molecular formula is C14H14FN3O2. The summed E-state index contributed by atoms with van der Waals surface area (Å²) in [4.78, 5) is 15.5. The zero-order valence-electron chi connectivity index (χ0n) is 10.7. The van der Waals surface area contributed by atoms with E-state index in [0.29, 0.717) is 11.7 Å². The number of halogens is 1. The first kappa shape index (κ1) is 12.7. The maximum atomic E-state index is 13.6. The lowest BCUT2D eigenvalue weighted by Gasteiger charge is -2.18. The first-order valence-electron chi connectivity index (χ1n) is 6.42. The van der Waals surface area contributed by atoms with Gasteiger partial charge in [0.25, 0.3) is 0 Å². The Balaban J connectivity index is 1.91. The van der Waals surface area contributed by atoms with Crippen LogP contribution in [0.3, 0.4) is 0 Å². The van der Waals surface area contributed by atoms with E-state index in [9.17, 15) is 14.3 Å². The van der Waals surface area contributed by atoms with Crippen molar-refractivity contribution >= 4 is 11.7 Å². The molecule has 1 aliphatic rings. The Bertz CT molecular complexity index is 637. The Morgan fingerprint density at radius 2 is 2.20 bits per heavy atom. The molecule has 0 bridgehead atoms. The van der Waals surface area contributed by atoms with Crippen molar-refractivity contribution < 1.29 is 14.3 Å². The van der Waals surface area contributed by atoms with Crippen LogP contribution in [0.25, 0.3) is 0 Å². The van der Waals surface area contributed by atoms with Gasteiger partial charge in [0.2, 0.25) is 0 Å². The molecule has 3 rings (SSSR count). The standard InChI is InChI=1S/C14H14FN3O2/c15-10-3-1-2-4-11(10)17-13(14(19)20)12-7-16-8-18(12)9-5-6-9/h1-4,7-9,13,17H,5-6H2,(H,19,20). The molecule has 0 amide bonds. The summed E-state index contributed by atoms with van der Waals surface area (Å²) in [7, 11) is 0. The van der Waals surface area contributed by atoms with Crippen LogP contribution in [0.5, 0.6) is 0 Å². The summed E-state index contributed by atoms with van der Waals surface area (Å²) in [6, 6.07) is 5.32. The van der Waals surface area contributed by atoms with Gasteiger partial charge in [0.1, 0.15) is 5.82 Å². The molecule has 1 atom stereocenters. The number of imidazole rings is 1. The quantitative estimate of drug-likeness (QED) is 0.880. The van der Waals surface area contributed by atoms with Crippen molar-refractivity contribution in [2.75, 3.05) is 5.32 Å². The first-order valence-corrected chi connectivity index (χ1v) is 6.42. The second-order valence-electron chi connectivity index (χ2n) is 4.85. The predicted octanol–water partition coefficient (Wildman–Crippen LogP) is 2.59. The molecule has 5 nitrogen and oxygen atoms in total. The van der Waals surface area contributed by atoms with E-state index in [4.69, 9.17) is 0 Å². The summed E-state index contributed by atoms with van der Waals surface area (Å²) in [5.41, 5.74) is 0.715. The van der Waals surface area contributed by atoms with Gasteiger partial charge in [-0.15, -0.1) is 0 Å². The number of rotatable bonds is 5. The Hall–Kier alpha value is -2.37. The Kier molecular flexibility index (Phi) is 3.14. The van der Waals surface area contributed by atoms with Crippen LogP contribution in [-0.2, 0) is 4.79 Å². The van der Waals surface area contributed by atoms with E-state index in [1.54, 1.807) is 18.5 Å². The second kappa shape index (κ2) is 4.96. The third-order valence-electron chi connectivity index (χ3n) is 3.35. The number of carbonyl (C=O) groups is 1. The molecule has 2 N–H and O–H groups in total. The van der Waals surface area contributed by atoms with Crippen LogP contribution in [-0.4, -0.2) is 20.6 Å². The molecule has 1 heterocycles. The number of hydrogen-bond acceptors (Lipinski definition) is 3. The summed E-state index contributed by atoms with van der Waals surface area (Å²) in [5.74, 6) is -1.54. The van der Waals surface area contributed by atoms with E-state index in [0.717, 1.165) is 12.8 Å². The number of carboxylic acid groups (broad SMARTS) is 1. The summed E-state index contributed by atoms with van der Waals surface area (Å²) in [5, 5.41) is 12.1. The van der Waals surface area contributed by atoms with Crippen molar-refractivity contribution in [3.63, 3.8) is 0 Å². The van der Waals surface area contributed by atoms with Gasteiger partial charge in [-0.25, -0.2) is 14.2 Å². The topological polar surface area (TPSA) is 67.2 Å². The fourth-order valence-electron chi connectivity index (χ4n) is 2.19. The fraction of sp³-hybridized carbons (Fsp3) is 0.286. The Morgan fingerprint density at radius 1 is 1.45 bits per heavy atom. The lowest BCUT2D eigenvalue weighted by atomic mass is 10.2. The molecule has 6 heteroatoms. The number of aromatic nitrogens is 2. The van der Waals surface area contributed by atoms with E-state index in [2.05, 4.69) is 10.3 Å². The van der Waals surface area contributed by atoms with Crippen LogP contribution in [0.15, 0.2) is 36.8 Å². The first-order chi connectivity index (χ1) is 9.66. The van der Waals surface area contributed by atoms with Crippen molar-refractivity contribution in [1.29, 1.82) is 0 Å². The molecule has 1 aliphatic carbocycles. The van der Waals surface area contributed by atoms with Gasteiger partial charge < -0.3 is 15.0 Å². The van der Waals surface area contributed by atoms with Crippen molar-refractivity contribution in [3.8, 4) is 0 Å². The van der Waals surface area contributed by atoms with E-state index in [-0.39, 0.29) is 5.69 Å². The lowest BCUT2D eigenvalue weighted by molar-refractivity contribution is -0.138. The molecule has 1 saturated carbocycles. The maximum absolute atomic E-state index is 13.6. The molecule has 0 radical (unpaired) electrons. The Labute approximate surface area is 115 Å². The lowest BCUT2D eigenvalue weighted by Crippen LogP contribution is -2.23. The van der Waals surface area contributed by atoms with Gasteiger partial charge in [-0.2, -0.15) is 0 Å². The predicted molar refractivity (Wildman–Crippen MR) is 70.9 cm³/mol. The van der Waals surface area contributed by atoms with Gasteiger partial charge in [-0.05, 0) is 25.0 Å². The van der Waals surface area contributed by atoms with Gasteiger partial charge in [0, 0.05) is 6.04 Å². The number of para-hydroxylation sites is 1. The minimum atomic E-state index is -1.06. The monoisotopic (exact) mass is 275 g/mol. The van der Waals surface area contributed by atoms with Crippen molar-refractivity contribution in [2.24, 2.45) is 0 Å². The highest BCUT2D eigenvalue weighted by Crippen LogP contribution is 2.37. The summed E-state index contributed by atoms with van der Waals surface area (Å²) < 4.78 is 15.5. The third kappa shape index (κ3) is 2.36. The molecule has 0 spiro atoms. The van der Waals surface area contributed by atoms with Crippen LogP contribution in [0.1, 0.15) is 30.6 Å². The molecule has 1 aromatic heterocycles. The molecule has 104 valence electrons. The zero-order chi connectivity index (χ0) is 14.1. The van der Waals surface area contributed by atoms with Crippen molar-refractivity contribution in [1.82, 2.24) is 9.55 Å². The van der Waals surface area contributed by atoms with E-state index in [1.165, 1.54) is 18.3 Å². The molecule has 20 heavy (non-hydrogen) atoms. The second-order valence-corrected chi connectivity index (χ2v) is 4.85. The van der Waals surface area contributed by atoms with Gasteiger partial charge in [0.15, 0.2) is 6.04 Å². The summed E-state index contributed by atoms with van der Waals surface area (Å²) >= 11 is 0. The van der Waals surface area contributed by atoms with Crippen LogP contribution in [0, 0.1) is 5.82 Å². The average molecular weight is 275 g/mol. The molecule has 1 fully saturated rings. The number of nitrogens with one attached hydrogen (secondary N) is 1. The Morgan fingerprint density at radius 3 is 2.85 bits per heavy atom. The van der Waals surface area contributed by atoms with Crippen LogP contribution in [0.4, 0.5) is 10.1 Å². The van der Waals surface area contributed by atoms with E-state index < -0.39 is 17.8 Å². The number of benzene rings is 1. The maximum Gasteiger partial charge on any atom is 0.332 e. The minimum Gasteiger partial charge on any atom is -0.479 e. The highest BCUT2D eigenvalue weighted by atomic mass is 19.1. The number of nitrogens with zero attached hydrogens (tertiary/aromatic N) is 2. The molecule has 2 aromatic rings. The number of carboxylic acids is 1. The number of hydrogen-bond donors (Lipinski definition) is 2. The summed E-state index contributed by atoms with van der Waals surface area (Å²) in [6.07, 6.45) is 5.20. The fourth-order valence-corrected chi connectivity index (χ4v) is 2.19. The average Bonchev–Trinajstić information content (AvgIpc) is 3.16. The number of anilines is 1. The largest absolute Gasteiger partial charge is 0.479 e. The highest BCUT2D eigenvalue weighted by molar-refractivity contribution is 5.78. The normalized spacial score (nSPS) is 15.8. The summed E-state index contributed by atoms with van der Waals surface area (Å²) in [6.45, 7) is 0. The van der Waals surface area contributed by atoms with Crippen molar-refractivity contribution in [2.45, 2.75) is 24.9 Å². The van der Waals surface area contributed by atoms with Gasteiger partial charge in [0.05, 0.1) is 23.9 Å². The van der Waals surface area contributed by atoms with Gasteiger partial charge in [-0.1, -0.05) is 12.1 Å². The molecule has 0 saturated heterocycles. The number of aliphatic carboxylic acids is 1. The van der Waals surface area contributed by atoms with Crippen LogP contribution < -0.4 is 5.32 Å². The van der Waals surface area contributed by atoms with E-state index >= 15 is 0 Å². The molecular weight excluding hydrogens is 261 g/mol. The molecule has 1 unspecified atom stereocenters. The zero-order valence-corrected chi connectivity index (χ0v) is 10.7. The molecule has 0 aliphatic heterocycles. The smallest absolute Gasteiger partial charge is 0.332 e. The van der Waals surface area contributed by atoms with Crippen LogP contribution >= 0.6 is 0 Å². The van der Waals surface area contributed by atoms with Crippen molar-refractivity contribution in [3.05, 3.63) is 48.3 Å². The third-order valence-corrected chi connectivity index (χ3v) is 3.35. The SMILES string of the molecule is O=C(O)C(Nc1ccccc1F)c1cncn1C1CC1. The van der Waals surface area contributed by atoms with Gasteiger partial charge >= 0.3 is 5.97 Å². The van der Waals surface area contributed by atoms with Gasteiger partial charge in [-0.3, -0.25) is 0 Å². The minimum absolute atomic E-state index is 0.170. The molecule has 1 aromatic carbocycles.